The maximum absolute atomic E-state index is 12.0. The van der Waals surface area contributed by atoms with Crippen molar-refractivity contribution in [1.82, 2.24) is 9.80 Å². The van der Waals surface area contributed by atoms with Crippen molar-refractivity contribution >= 4 is 11.9 Å². The quantitative estimate of drug-likeness (QED) is 0.584. The Labute approximate surface area is 149 Å². The van der Waals surface area contributed by atoms with Gasteiger partial charge in [0.2, 0.25) is 0 Å². The monoisotopic (exact) mass is 348 g/mol. The van der Waals surface area contributed by atoms with Crippen molar-refractivity contribution in [1.29, 1.82) is 0 Å². The lowest BCUT2D eigenvalue weighted by Crippen LogP contribution is -2.50. The zero-order chi connectivity index (χ0) is 18.3. The zero-order valence-electron chi connectivity index (χ0n) is 15.4. The highest BCUT2D eigenvalue weighted by Gasteiger charge is 2.25. The van der Waals surface area contributed by atoms with E-state index in [1.807, 2.05) is 39.0 Å². The van der Waals surface area contributed by atoms with E-state index >= 15 is 0 Å². The Morgan fingerprint density at radius 2 is 1.68 bits per heavy atom. The van der Waals surface area contributed by atoms with E-state index in [9.17, 15) is 9.59 Å². The first-order valence-corrected chi connectivity index (χ1v) is 8.71. The molecule has 0 saturated carbocycles. The number of hydrogen-bond donors (Lipinski definition) is 0. The van der Waals surface area contributed by atoms with E-state index in [1.54, 1.807) is 17.0 Å². The SMILES string of the molecule is CC(C)(C)OC(=O)N1CCN(CCOCC(=O)c2ccccc2)CC1. The lowest BCUT2D eigenvalue weighted by atomic mass is 10.1. The molecule has 0 bridgehead atoms. The molecule has 1 fully saturated rings. The highest BCUT2D eigenvalue weighted by atomic mass is 16.6. The summed E-state index contributed by atoms with van der Waals surface area (Å²) in [5, 5.41) is 0. The van der Waals surface area contributed by atoms with Gasteiger partial charge in [0, 0.05) is 38.3 Å². The van der Waals surface area contributed by atoms with E-state index in [0.717, 1.165) is 19.6 Å². The molecule has 1 heterocycles. The largest absolute Gasteiger partial charge is 0.444 e. The molecule has 1 aliphatic rings. The second-order valence-corrected chi connectivity index (χ2v) is 7.15. The van der Waals surface area contributed by atoms with Crippen LogP contribution in [0.3, 0.4) is 0 Å². The molecule has 0 aromatic heterocycles. The van der Waals surface area contributed by atoms with Gasteiger partial charge in [0.05, 0.1) is 6.61 Å². The van der Waals surface area contributed by atoms with Gasteiger partial charge in [0.1, 0.15) is 12.2 Å². The molecule has 0 N–H and O–H groups in total. The molecule has 2 rings (SSSR count). The van der Waals surface area contributed by atoms with Crippen molar-refractivity contribution in [2.24, 2.45) is 0 Å². The van der Waals surface area contributed by atoms with Gasteiger partial charge in [-0.25, -0.2) is 4.79 Å². The second-order valence-electron chi connectivity index (χ2n) is 7.15. The van der Waals surface area contributed by atoms with Crippen LogP contribution in [0.5, 0.6) is 0 Å². The molecule has 0 atom stereocenters. The summed E-state index contributed by atoms with van der Waals surface area (Å²) in [4.78, 5) is 27.9. The molecule has 1 aromatic rings. The van der Waals surface area contributed by atoms with Crippen molar-refractivity contribution in [2.45, 2.75) is 26.4 Å². The van der Waals surface area contributed by atoms with Gasteiger partial charge < -0.3 is 14.4 Å². The standard InChI is InChI=1S/C19H28N2O4/c1-19(2,3)25-18(23)21-11-9-20(10-12-21)13-14-24-15-17(22)16-7-5-4-6-8-16/h4-8H,9-15H2,1-3H3. The minimum atomic E-state index is -0.465. The summed E-state index contributed by atoms with van der Waals surface area (Å²) in [6, 6.07) is 9.16. The highest BCUT2D eigenvalue weighted by molar-refractivity contribution is 5.96. The Bertz CT molecular complexity index is 561. The topological polar surface area (TPSA) is 59.1 Å². The average molecular weight is 348 g/mol. The van der Waals surface area contributed by atoms with Crippen molar-refractivity contribution < 1.29 is 19.1 Å². The van der Waals surface area contributed by atoms with Crippen LogP contribution < -0.4 is 0 Å². The summed E-state index contributed by atoms with van der Waals surface area (Å²) >= 11 is 0. The summed E-state index contributed by atoms with van der Waals surface area (Å²) in [6.07, 6.45) is -0.253. The van der Waals surface area contributed by atoms with Crippen LogP contribution >= 0.6 is 0 Å². The number of benzene rings is 1. The molecular weight excluding hydrogens is 320 g/mol. The van der Waals surface area contributed by atoms with Crippen LogP contribution in [0, 0.1) is 0 Å². The van der Waals surface area contributed by atoms with E-state index in [4.69, 9.17) is 9.47 Å². The van der Waals surface area contributed by atoms with Gasteiger partial charge >= 0.3 is 6.09 Å². The van der Waals surface area contributed by atoms with Gasteiger partial charge in [-0.1, -0.05) is 30.3 Å². The molecule has 1 saturated heterocycles. The van der Waals surface area contributed by atoms with Crippen LogP contribution in [0.2, 0.25) is 0 Å². The molecule has 6 heteroatoms. The first-order valence-electron chi connectivity index (χ1n) is 8.71. The van der Waals surface area contributed by atoms with Gasteiger partial charge in [0.25, 0.3) is 0 Å². The Kier molecular flexibility index (Phi) is 6.96. The second kappa shape index (κ2) is 8.97. The van der Waals surface area contributed by atoms with Crippen LogP contribution in [0.1, 0.15) is 31.1 Å². The van der Waals surface area contributed by atoms with Crippen LogP contribution in [-0.2, 0) is 9.47 Å². The Balaban J connectivity index is 1.61. The highest BCUT2D eigenvalue weighted by Crippen LogP contribution is 2.11. The van der Waals surface area contributed by atoms with Crippen LogP contribution in [0.25, 0.3) is 0 Å². The molecule has 1 amide bonds. The van der Waals surface area contributed by atoms with E-state index in [2.05, 4.69) is 4.90 Å². The summed E-state index contributed by atoms with van der Waals surface area (Å²) in [6.45, 7) is 9.84. The fourth-order valence-corrected chi connectivity index (χ4v) is 2.55. The normalized spacial score (nSPS) is 15.9. The number of ketones is 1. The number of hydrogen-bond acceptors (Lipinski definition) is 5. The lowest BCUT2D eigenvalue weighted by molar-refractivity contribution is 0.0116. The third kappa shape index (κ3) is 6.84. The summed E-state index contributed by atoms with van der Waals surface area (Å²) in [5.74, 6) is -0.00431. The van der Waals surface area contributed by atoms with Crippen molar-refractivity contribution in [3.63, 3.8) is 0 Å². The minimum absolute atomic E-state index is 0.00431. The number of carbonyl (C=O) groups is 2. The van der Waals surface area contributed by atoms with Crippen LogP contribution in [0.15, 0.2) is 30.3 Å². The number of Topliss-reactive ketones (excluding diaryl/α,β-unsaturated/α-hetero) is 1. The molecule has 6 nitrogen and oxygen atoms in total. The summed E-state index contributed by atoms with van der Waals surface area (Å²) < 4.78 is 10.9. The molecule has 0 spiro atoms. The zero-order valence-corrected chi connectivity index (χ0v) is 15.4. The van der Waals surface area contributed by atoms with Crippen molar-refractivity contribution in [2.75, 3.05) is 45.9 Å². The Morgan fingerprint density at radius 1 is 1.04 bits per heavy atom. The van der Waals surface area contributed by atoms with E-state index in [1.165, 1.54) is 0 Å². The number of piperazine rings is 1. The number of carbonyl (C=O) groups excluding carboxylic acids is 2. The molecule has 138 valence electrons. The number of ether oxygens (including phenoxy) is 2. The maximum Gasteiger partial charge on any atom is 0.410 e. The fourth-order valence-electron chi connectivity index (χ4n) is 2.55. The minimum Gasteiger partial charge on any atom is -0.444 e. The third-order valence-corrected chi connectivity index (χ3v) is 3.90. The Hall–Kier alpha value is -1.92. The number of amides is 1. The molecule has 25 heavy (non-hydrogen) atoms. The molecule has 1 aromatic carbocycles. The smallest absolute Gasteiger partial charge is 0.410 e. The molecule has 1 aliphatic heterocycles. The Morgan fingerprint density at radius 3 is 2.28 bits per heavy atom. The predicted octanol–water partition coefficient (Wildman–Crippen LogP) is 2.44. The van der Waals surface area contributed by atoms with E-state index in [-0.39, 0.29) is 18.5 Å². The average Bonchev–Trinajstić information content (AvgIpc) is 2.58. The number of nitrogens with zero attached hydrogens (tertiary/aromatic N) is 2. The van der Waals surface area contributed by atoms with Crippen molar-refractivity contribution in [3.05, 3.63) is 35.9 Å². The predicted molar refractivity (Wildman–Crippen MR) is 95.8 cm³/mol. The molecule has 0 radical (unpaired) electrons. The first kappa shape index (κ1) is 19.4. The van der Waals surface area contributed by atoms with Crippen LogP contribution in [-0.4, -0.2) is 73.2 Å². The van der Waals surface area contributed by atoms with E-state index < -0.39 is 5.60 Å². The summed E-state index contributed by atoms with van der Waals surface area (Å²) in [7, 11) is 0. The van der Waals surface area contributed by atoms with Gasteiger partial charge in [-0.05, 0) is 20.8 Å². The van der Waals surface area contributed by atoms with E-state index in [0.29, 0.717) is 25.3 Å². The molecule has 0 unspecified atom stereocenters. The molecular formula is C19H28N2O4. The van der Waals surface area contributed by atoms with Gasteiger partial charge in [-0.15, -0.1) is 0 Å². The van der Waals surface area contributed by atoms with Crippen molar-refractivity contribution in [3.8, 4) is 0 Å². The van der Waals surface area contributed by atoms with Gasteiger partial charge in [0.15, 0.2) is 5.78 Å². The summed E-state index contributed by atoms with van der Waals surface area (Å²) in [5.41, 5.74) is 0.210. The maximum atomic E-state index is 12.0. The molecule has 0 aliphatic carbocycles. The van der Waals surface area contributed by atoms with Crippen LogP contribution in [0.4, 0.5) is 4.79 Å². The lowest BCUT2D eigenvalue weighted by Gasteiger charge is -2.35. The number of rotatable bonds is 6. The third-order valence-electron chi connectivity index (χ3n) is 3.90. The fraction of sp³-hybridized carbons (Fsp3) is 0.579. The van der Waals surface area contributed by atoms with Gasteiger partial charge in [-0.3, -0.25) is 9.69 Å². The van der Waals surface area contributed by atoms with Gasteiger partial charge in [-0.2, -0.15) is 0 Å². The first-order chi connectivity index (χ1) is 11.8.